The van der Waals surface area contributed by atoms with Crippen LogP contribution in [0.15, 0.2) is 34.7 Å². The fourth-order valence-electron chi connectivity index (χ4n) is 2.14. The number of furan rings is 1. The molecule has 84 valence electrons. The van der Waals surface area contributed by atoms with Gasteiger partial charge in [0, 0.05) is 11.8 Å². The van der Waals surface area contributed by atoms with Crippen molar-refractivity contribution in [1.82, 2.24) is 0 Å². The van der Waals surface area contributed by atoms with Gasteiger partial charge in [0.15, 0.2) is 0 Å². The van der Waals surface area contributed by atoms with Gasteiger partial charge < -0.3 is 14.3 Å². The van der Waals surface area contributed by atoms with Crippen molar-refractivity contribution in [2.45, 2.75) is 25.0 Å². The van der Waals surface area contributed by atoms with E-state index in [0.717, 1.165) is 23.2 Å². The van der Waals surface area contributed by atoms with Crippen LogP contribution in [-0.2, 0) is 4.74 Å². The minimum absolute atomic E-state index is 0.101. The van der Waals surface area contributed by atoms with Gasteiger partial charge in [0.05, 0.1) is 12.7 Å². The number of aliphatic hydroxyl groups is 1. The number of hydrogen-bond donors (Lipinski definition) is 1. The molecule has 16 heavy (non-hydrogen) atoms. The zero-order chi connectivity index (χ0) is 11.0. The summed E-state index contributed by atoms with van der Waals surface area (Å²) in [6.45, 7) is 0.600. The largest absolute Gasteiger partial charge is 0.458 e. The molecule has 2 aromatic rings. The topological polar surface area (TPSA) is 42.6 Å². The van der Waals surface area contributed by atoms with E-state index in [1.807, 2.05) is 30.3 Å². The summed E-state index contributed by atoms with van der Waals surface area (Å²) in [6, 6.07) is 9.89. The molecule has 1 saturated heterocycles. The molecule has 0 spiro atoms. The molecular formula is C13H14O3. The van der Waals surface area contributed by atoms with Crippen LogP contribution in [0.4, 0.5) is 0 Å². The molecule has 3 heteroatoms. The third-order valence-corrected chi connectivity index (χ3v) is 3.02. The van der Waals surface area contributed by atoms with Gasteiger partial charge in [0.1, 0.15) is 17.4 Å². The molecule has 2 unspecified atom stereocenters. The van der Waals surface area contributed by atoms with Gasteiger partial charge in [-0.15, -0.1) is 0 Å². The van der Waals surface area contributed by atoms with E-state index in [4.69, 9.17) is 9.15 Å². The Morgan fingerprint density at radius 1 is 1.25 bits per heavy atom. The van der Waals surface area contributed by atoms with Crippen molar-refractivity contribution < 1.29 is 14.3 Å². The van der Waals surface area contributed by atoms with Crippen LogP contribution in [0.2, 0.25) is 0 Å². The Morgan fingerprint density at radius 3 is 2.94 bits per heavy atom. The third kappa shape index (κ3) is 1.72. The number of rotatable bonds is 1. The molecule has 2 heterocycles. The Labute approximate surface area is 93.6 Å². The smallest absolute Gasteiger partial charge is 0.134 e. The van der Waals surface area contributed by atoms with Gasteiger partial charge in [-0.25, -0.2) is 0 Å². The maximum atomic E-state index is 9.59. The van der Waals surface area contributed by atoms with E-state index in [1.54, 1.807) is 0 Å². The predicted molar refractivity (Wildman–Crippen MR) is 60.1 cm³/mol. The number of para-hydroxylation sites is 1. The van der Waals surface area contributed by atoms with E-state index >= 15 is 0 Å². The Balaban J connectivity index is 1.93. The lowest BCUT2D eigenvalue weighted by molar-refractivity contribution is -0.0530. The quantitative estimate of drug-likeness (QED) is 0.800. The van der Waals surface area contributed by atoms with Gasteiger partial charge >= 0.3 is 0 Å². The second-order valence-corrected chi connectivity index (χ2v) is 4.22. The van der Waals surface area contributed by atoms with Crippen molar-refractivity contribution in [3.8, 4) is 0 Å². The molecule has 3 rings (SSSR count). The third-order valence-electron chi connectivity index (χ3n) is 3.02. The summed E-state index contributed by atoms with van der Waals surface area (Å²) in [5.41, 5.74) is 0.876. The zero-order valence-electron chi connectivity index (χ0n) is 8.93. The number of aliphatic hydroxyl groups excluding tert-OH is 1. The summed E-state index contributed by atoms with van der Waals surface area (Å²) in [5, 5.41) is 10.7. The Bertz CT molecular complexity index is 456. The van der Waals surface area contributed by atoms with Crippen LogP contribution in [-0.4, -0.2) is 17.8 Å². The number of benzene rings is 1. The van der Waals surface area contributed by atoms with Crippen molar-refractivity contribution in [1.29, 1.82) is 0 Å². The highest BCUT2D eigenvalue weighted by molar-refractivity contribution is 5.77. The van der Waals surface area contributed by atoms with Crippen molar-refractivity contribution >= 4 is 11.0 Å². The van der Waals surface area contributed by atoms with Gasteiger partial charge in [-0.2, -0.15) is 0 Å². The van der Waals surface area contributed by atoms with Crippen molar-refractivity contribution in [2.75, 3.05) is 6.61 Å². The van der Waals surface area contributed by atoms with E-state index in [-0.39, 0.29) is 12.2 Å². The molecule has 3 nitrogen and oxygen atoms in total. The fraction of sp³-hybridized carbons (Fsp3) is 0.385. The first-order chi connectivity index (χ1) is 7.83. The average Bonchev–Trinajstić information content (AvgIpc) is 2.72. The van der Waals surface area contributed by atoms with Crippen molar-refractivity contribution in [3.63, 3.8) is 0 Å². The Kier molecular flexibility index (Phi) is 2.42. The van der Waals surface area contributed by atoms with Gasteiger partial charge in [-0.1, -0.05) is 18.2 Å². The molecule has 1 aromatic heterocycles. The van der Waals surface area contributed by atoms with E-state index in [1.165, 1.54) is 0 Å². The molecule has 1 N–H and O–H groups in total. The second-order valence-electron chi connectivity index (χ2n) is 4.22. The van der Waals surface area contributed by atoms with Crippen molar-refractivity contribution in [2.24, 2.45) is 0 Å². The highest BCUT2D eigenvalue weighted by Gasteiger charge is 2.24. The van der Waals surface area contributed by atoms with Crippen LogP contribution < -0.4 is 0 Å². The number of ether oxygens (including phenoxy) is 1. The molecule has 0 bridgehead atoms. The van der Waals surface area contributed by atoms with Gasteiger partial charge in [-0.3, -0.25) is 0 Å². The summed E-state index contributed by atoms with van der Waals surface area (Å²) in [6.07, 6.45) is 0.972. The van der Waals surface area contributed by atoms with Crippen LogP contribution in [0.25, 0.3) is 11.0 Å². The van der Waals surface area contributed by atoms with Crippen LogP contribution >= 0.6 is 0 Å². The van der Waals surface area contributed by atoms with E-state index in [0.29, 0.717) is 13.0 Å². The summed E-state index contributed by atoms with van der Waals surface area (Å²) >= 11 is 0. The minimum Gasteiger partial charge on any atom is -0.458 e. The average molecular weight is 218 g/mol. The molecule has 1 aliphatic rings. The van der Waals surface area contributed by atoms with E-state index < -0.39 is 0 Å². The summed E-state index contributed by atoms with van der Waals surface area (Å²) in [4.78, 5) is 0. The Hall–Kier alpha value is -1.32. The van der Waals surface area contributed by atoms with E-state index in [2.05, 4.69) is 0 Å². The molecule has 0 saturated carbocycles. The fourth-order valence-corrected chi connectivity index (χ4v) is 2.14. The molecule has 1 aliphatic heterocycles. The van der Waals surface area contributed by atoms with Crippen LogP contribution in [0.1, 0.15) is 24.7 Å². The molecule has 1 fully saturated rings. The first-order valence-corrected chi connectivity index (χ1v) is 5.61. The van der Waals surface area contributed by atoms with Gasteiger partial charge in [0.2, 0.25) is 0 Å². The van der Waals surface area contributed by atoms with Gasteiger partial charge in [0.25, 0.3) is 0 Å². The SMILES string of the molecule is OC1CCOC(c2cc3ccccc3o2)C1. The monoisotopic (exact) mass is 218 g/mol. The first-order valence-electron chi connectivity index (χ1n) is 5.61. The first kappa shape index (κ1) is 9.87. The number of hydrogen-bond acceptors (Lipinski definition) is 3. The summed E-state index contributed by atoms with van der Waals surface area (Å²) in [5.74, 6) is 0.819. The predicted octanol–water partition coefficient (Wildman–Crippen LogP) is 2.65. The lowest BCUT2D eigenvalue weighted by Crippen LogP contribution is -2.23. The highest BCUT2D eigenvalue weighted by atomic mass is 16.5. The normalized spacial score (nSPS) is 26.1. The summed E-state index contributed by atoms with van der Waals surface area (Å²) < 4.78 is 11.3. The lowest BCUT2D eigenvalue weighted by atomic mass is 10.0. The van der Waals surface area contributed by atoms with E-state index in [9.17, 15) is 5.11 Å². The number of fused-ring (bicyclic) bond motifs is 1. The Morgan fingerprint density at radius 2 is 2.12 bits per heavy atom. The van der Waals surface area contributed by atoms with Crippen LogP contribution in [0, 0.1) is 0 Å². The molecule has 1 aromatic carbocycles. The standard InChI is InChI=1S/C13H14O3/c14-10-5-6-15-12(8-10)13-7-9-3-1-2-4-11(9)16-13/h1-4,7,10,12,14H,5-6,8H2. The molecule has 0 amide bonds. The molecular weight excluding hydrogens is 204 g/mol. The maximum absolute atomic E-state index is 9.59. The summed E-state index contributed by atoms with van der Waals surface area (Å²) in [7, 11) is 0. The van der Waals surface area contributed by atoms with Crippen molar-refractivity contribution in [3.05, 3.63) is 36.1 Å². The van der Waals surface area contributed by atoms with Crippen LogP contribution in [0.3, 0.4) is 0 Å². The van der Waals surface area contributed by atoms with Gasteiger partial charge in [-0.05, 0) is 18.6 Å². The highest BCUT2D eigenvalue weighted by Crippen LogP contribution is 2.31. The molecule has 2 atom stereocenters. The zero-order valence-corrected chi connectivity index (χ0v) is 8.93. The molecule has 0 aliphatic carbocycles. The minimum atomic E-state index is -0.271. The molecule has 0 radical (unpaired) electrons. The maximum Gasteiger partial charge on any atom is 0.134 e. The van der Waals surface area contributed by atoms with Crippen LogP contribution in [0.5, 0.6) is 0 Å². The second kappa shape index (κ2) is 3.92. The lowest BCUT2D eigenvalue weighted by Gasteiger charge is -2.24.